The zero-order valence-electron chi connectivity index (χ0n) is 9.17. The van der Waals surface area contributed by atoms with Crippen molar-refractivity contribution >= 4 is 17.4 Å². The zero-order chi connectivity index (χ0) is 10.3. The number of nitrogens with zero attached hydrogens (tertiary/aromatic N) is 1. The summed E-state index contributed by atoms with van der Waals surface area (Å²) in [5.41, 5.74) is 0. The highest BCUT2D eigenvalue weighted by atomic mass is 32.1. The molecule has 0 rings (SSSR count). The standard InChI is InChI=1S/C10H21NOS/c1-5-7-8-11(6-2)10(13)12-9(3)4/h9H,5-8H2,1-4H3. The van der Waals surface area contributed by atoms with Crippen molar-refractivity contribution in [1.29, 1.82) is 0 Å². The lowest BCUT2D eigenvalue weighted by Crippen LogP contribution is -2.33. The molecule has 0 aromatic rings. The Bertz CT molecular complexity index is 148. The molecule has 0 aliphatic carbocycles. The van der Waals surface area contributed by atoms with Crippen LogP contribution in [-0.4, -0.2) is 29.3 Å². The van der Waals surface area contributed by atoms with Crippen LogP contribution in [0, 0.1) is 0 Å². The molecule has 0 saturated carbocycles. The van der Waals surface area contributed by atoms with Gasteiger partial charge in [-0.05, 0) is 39.4 Å². The van der Waals surface area contributed by atoms with Gasteiger partial charge >= 0.3 is 0 Å². The molecule has 0 aliphatic heterocycles. The number of hydrogen-bond donors (Lipinski definition) is 0. The van der Waals surface area contributed by atoms with E-state index in [1.165, 1.54) is 12.8 Å². The first-order chi connectivity index (χ1) is 6.11. The summed E-state index contributed by atoms with van der Waals surface area (Å²) >= 11 is 5.17. The molecule has 0 amide bonds. The third-order valence-electron chi connectivity index (χ3n) is 1.76. The molecular weight excluding hydrogens is 182 g/mol. The Labute approximate surface area is 87.3 Å². The number of hydrogen-bond acceptors (Lipinski definition) is 2. The minimum atomic E-state index is 0.183. The summed E-state index contributed by atoms with van der Waals surface area (Å²) in [5.74, 6) is 0. The van der Waals surface area contributed by atoms with Crippen LogP contribution in [0.15, 0.2) is 0 Å². The normalized spacial score (nSPS) is 10.2. The highest BCUT2D eigenvalue weighted by Crippen LogP contribution is 2.01. The Morgan fingerprint density at radius 3 is 2.38 bits per heavy atom. The second-order valence-corrected chi connectivity index (χ2v) is 3.71. The van der Waals surface area contributed by atoms with Crippen LogP contribution in [0.3, 0.4) is 0 Å². The predicted molar refractivity (Wildman–Crippen MR) is 61.0 cm³/mol. The largest absolute Gasteiger partial charge is 0.468 e. The molecule has 0 aliphatic rings. The SMILES string of the molecule is CCCCN(CC)C(=S)OC(C)C. The van der Waals surface area contributed by atoms with Crippen molar-refractivity contribution in [3.8, 4) is 0 Å². The zero-order valence-corrected chi connectivity index (χ0v) is 9.99. The Hall–Kier alpha value is -0.310. The van der Waals surface area contributed by atoms with Crippen LogP contribution in [0.4, 0.5) is 0 Å². The van der Waals surface area contributed by atoms with Gasteiger partial charge in [0, 0.05) is 13.1 Å². The van der Waals surface area contributed by atoms with Gasteiger partial charge in [0.1, 0.15) is 0 Å². The first-order valence-corrected chi connectivity index (χ1v) is 5.48. The molecule has 0 spiro atoms. The van der Waals surface area contributed by atoms with E-state index in [1.807, 2.05) is 13.8 Å². The van der Waals surface area contributed by atoms with Crippen LogP contribution in [0.25, 0.3) is 0 Å². The molecule has 0 unspecified atom stereocenters. The van der Waals surface area contributed by atoms with Crippen molar-refractivity contribution in [2.45, 2.75) is 46.6 Å². The average Bonchev–Trinajstić information content (AvgIpc) is 2.04. The van der Waals surface area contributed by atoms with E-state index in [0.717, 1.165) is 13.1 Å². The lowest BCUT2D eigenvalue weighted by atomic mass is 10.3. The molecule has 0 radical (unpaired) electrons. The van der Waals surface area contributed by atoms with Gasteiger partial charge in [0.25, 0.3) is 5.17 Å². The fraction of sp³-hybridized carbons (Fsp3) is 0.900. The van der Waals surface area contributed by atoms with E-state index < -0.39 is 0 Å². The van der Waals surface area contributed by atoms with Crippen LogP contribution in [0.5, 0.6) is 0 Å². The first-order valence-electron chi connectivity index (χ1n) is 5.07. The maximum atomic E-state index is 5.46. The van der Waals surface area contributed by atoms with Crippen LogP contribution >= 0.6 is 12.2 Å². The first kappa shape index (κ1) is 12.7. The highest BCUT2D eigenvalue weighted by molar-refractivity contribution is 7.80. The number of ether oxygens (including phenoxy) is 1. The van der Waals surface area contributed by atoms with E-state index in [-0.39, 0.29) is 6.10 Å². The van der Waals surface area contributed by atoms with Gasteiger partial charge in [0.05, 0.1) is 6.10 Å². The predicted octanol–water partition coefficient (Wildman–Crippen LogP) is 2.82. The molecule has 0 aromatic carbocycles. The van der Waals surface area contributed by atoms with E-state index in [9.17, 15) is 0 Å². The summed E-state index contributed by atoms with van der Waals surface area (Å²) in [6, 6.07) is 0. The van der Waals surface area contributed by atoms with Crippen LogP contribution in [0.1, 0.15) is 40.5 Å². The fourth-order valence-corrected chi connectivity index (χ4v) is 1.42. The van der Waals surface area contributed by atoms with Crippen LogP contribution < -0.4 is 0 Å². The molecule has 0 N–H and O–H groups in total. The molecule has 0 atom stereocenters. The van der Waals surface area contributed by atoms with Gasteiger partial charge in [0.2, 0.25) is 0 Å². The lowest BCUT2D eigenvalue weighted by molar-refractivity contribution is 0.188. The van der Waals surface area contributed by atoms with E-state index in [2.05, 4.69) is 18.7 Å². The maximum absolute atomic E-state index is 5.46. The van der Waals surface area contributed by atoms with Gasteiger partial charge in [-0.2, -0.15) is 0 Å². The summed E-state index contributed by atoms with van der Waals surface area (Å²) in [6.07, 6.45) is 2.55. The molecule has 2 nitrogen and oxygen atoms in total. The minimum Gasteiger partial charge on any atom is -0.468 e. The van der Waals surface area contributed by atoms with E-state index in [1.54, 1.807) is 0 Å². The molecule has 0 fully saturated rings. The van der Waals surface area contributed by atoms with E-state index >= 15 is 0 Å². The summed E-state index contributed by atoms with van der Waals surface area (Å²) in [4.78, 5) is 2.11. The number of unbranched alkanes of at least 4 members (excludes halogenated alkanes) is 1. The molecule has 3 heteroatoms. The monoisotopic (exact) mass is 203 g/mol. The number of thiocarbonyl (C=S) groups is 1. The molecule has 0 bridgehead atoms. The highest BCUT2D eigenvalue weighted by Gasteiger charge is 2.08. The minimum absolute atomic E-state index is 0.183. The van der Waals surface area contributed by atoms with Crippen molar-refractivity contribution in [1.82, 2.24) is 4.90 Å². The Morgan fingerprint density at radius 2 is 2.00 bits per heavy atom. The van der Waals surface area contributed by atoms with Gasteiger partial charge in [-0.15, -0.1) is 0 Å². The van der Waals surface area contributed by atoms with Crippen molar-refractivity contribution < 1.29 is 4.74 Å². The second kappa shape index (κ2) is 7.13. The molecule has 0 saturated heterocycles. The van der Waals surface area contributed by atoms with Gasteiger partial charge in [-0.25, -0.2) is 0 Å². The lowest BCUT2D eigenvalue weighted by Gasteiger charge is -2.24. The third-order valence-corrected chi connectivity index (χ3v) is 2.11. The summed E-state index contributed by atoms with van der Waals surface area (Å²) in [5, 5.41) is 0.644. The molecule has 78 valence electrons. The van der Waals surface area contributed by atoms with Gasteiger partial charge in [-0.3, -0.25) is 0 Å². The number of rotatable bonds is 5. The molecular formula is C10H21NOS. The Kier molecular flexibility index (Phi) is 6.96. The summed E-state index contributed by atoms with van der Waals surface area (Å²) in [7, 11) is 0. The van der Waals surface area contributed by atoms with E-state index in [4.69, 9.17) is 17.0 Å². The van der Waals surface area contributed by atoms with Crippen molar-refractivity contribution in [3.63, 3.8) is 0 Å². The van der Waals surface area contributed by atoms with Gasteiger partial charge < -0.3 is 9.64 Å². The summed E-state index contributed by atoms with van der Waals surface area (Å²) < 4.78 is 5.46. The fourth-order valence-electron chi connectivity index (χ4n) is 1.00. The van der Waals surface area contributed by atoms with Crippen molar-refractivity contribution in [3.05, 3.63) is 0 Å². The van der Waals surface area contributed by atoms with Gasteiger partial charge in [0.15, 0.2) is 0 Å². The molecule has 0 aromatic heterocycles. The summed E-state index contributed by atoms with van der Waals surface area (Å²) in [6.45, 7) is 10.2. The van der Waals surface area contributed by atoms with E-state index in [0.29, 0.717) is 5.17 Å². The average molecular weight is 203 g/mol. The topological polar surface area (TPSA) is 12.5 Å². The smallest absolute Gasteiger partial charge is 0.259 e. The molecule has 13 heavy (non-hydrogen) atoms. The molecule has 0 heterocycles. The van der Waals surface area contributed by atoms with Crippen molar-refractivity contribution in [2.24, 2.45) is 0 Å². The van der Waals surface area contributed by atoms with Crippen molar-refractivity contribution in [2.75, 3.05) is 13.1 Å². The Morgan fingerprint density at radius 1 is 1.38 bits per heavy atom. The third kappa shape index (κ3) is 5.86. The quantitative estimate of drug-likeness (QED) is 0.638. The second-order valence-electron chi connectivity index (χ2n) is 3.37. The Balaban J connectivity index is 3.84. The maximum Gasteiger partial charge on any atom is 0.259 e. The van der Waals surface area contributed by atoms with Gasteiger partial charge in [-0.1, -0.05) is 13.3 Å². The van der Waals surface area contributed by atoms with Crippen LogP contribution in [-0.2, 0) is 4.74 Å². The van der Waals surface area contributed by atoms with Crippen LogP contribution in [0.2, 0.25) is 0 Å².